The number of carbonyl (C=O) groups excluding carboxylic acids is 4. The first kappa shape index (κ1) is 17.5. The third-order valence-corrected chi connectivity index (χ3v) is 6.52. The summed E-state index contributed by atoms with van der Waals surface area (Å²) in [4.78, 5) is 50.6. The van der Waals surface area contributed by atoms with Crippen molar-refractivity contribution in [3.05, 3.63) is 34.9 Å². The highest BCUT2D eigenvalue weighted by atomic mass is 16.2. The largest absolute Gasteiger partial charge is 0.316 e. The lowest BCUT2D eigenvalue weighted by Gasteiger charge is -2.50. The molecule has 0 spiro atoms. The molecule has 1 aliphatic carbocycles. The standard InChI is InChI=1S/C20H22N4O4/c25-15-5-4-14(18(26)23-15)24-19(27)13-3-1-2-10(16(13)20(24)28)9-22-17-11-6-12(17)8-21-7-11/h1-3,11-12,14,17,21-22H,4-9H2,(H,23,25,26). The predicted octanol–water partition coefficient (Wildman–Crippen LogP) is -0.215. The van der Waals surface area contributed by atoms with Gasteiger partial charge in [-0.05, 0) is 49.4 Å². The second kappa shape index (κ2) is 6.49. The highest BCUT2D eigenvalue weighted by Gasteiger charge is 2.46. The van der Waals surface area contributed by atoms with Crippen molar-refractivity contribution in [1.29, 1.82) is 0 Å². The predicted molar refractivity (Wildman–Crippen MR) is 98.2 cm³/mol. The van der Waals surface area contributed by atoms with Crippen LogP contribution >= 0.6 is 0 Å². The third-order valence-electron chi connectivity index (χ3n) is 6.52. The van der Waals surface area contributed by atoms with Crippen LogP contribution in [0.25, 0.3) is 0 Å². The number of benzene rings is 1. The Kier molecular flexibility index (Phi) is 4.06. The fourth-order valence-electron chi connectivity index (χ4n) is 5.04. The molecule has 28 heavy (non-hydrogen) atoms. The van der Waals surface area contributed by atoms with Crippen molar-refractivity contribution in [2.75, 3.05) is 13.1 Å². The zero-order valence-electron chi connectivity index (χ0n) is 15.4. The maximum absolute atomic E-state index is 13.1. The molecule has 5 rings (SSSR count). The van der Waals surface area contributed by atoms with Gasteiger partial charge in [0.25, 0.3) is 11.8 Å². The molecular formula is C20H22N4O4. The van der Waals surface area contributed by atoms with E-state index in [2.05, 4.69) is 16.0 Å². The lowest BCUT2D eigenvalue weighted by molar-refractivity contribution is -0.136. The van der Waals surface area contributed by atoms with E-state index in [1.807, 2.05) is 6.07 Å². The molecule has 3 N–H and O–H groups in total. The van der Waals surface area contributed by atoms with Crippen LogP contribution in [0.2, 0.25) is 0 Å². The van der Waals surface area contributed by atoms with E-state index in [1.54, 1.807) is 12.1 Å². The minimum absolute atomic E-state index is 0.122. The number of amides is 4. The SMILES string of the molecule is O=C1CCC(N2C(=O)c3cccc(CNC4C5CNCC4C5)c3C2=O)C(=O)N1. The van der Waals surface area contributed by atoms with Gasteiger partial charge in [-0.15, -0.1) is 0 Å². The number of nitrogens with zero attached hydrogens (tertiary/aromatic N) is 1. The van der Waals surface area contributed by atoms with E-state index in [0.29, 0.717) is 35.5 Å². The maximum Gasteiger partial charge on any atom is 0.262 e. The zero-order chi connectivity index (χ0) is 19.4. The number of carbonyl (C=O) groups is 4. The zero-order valence-corrected chi connectivity index (χ0v) is 15.4. The fraction of sp³-hybridized carbons (Fsp3) is 0.500. The Morgan fingerprint density at radius 2 is 1.86 bits per heavy atom. The van der Waals surface area contributed by atoms with Crippen LogP contribution in [0.5, 0.6) is 0 Å². The molecule has 1 aromatic carbocycles. The summed E-state index contributed by atoms with van der Waals surface area (Å²) in [6.07, 6.45) is 1.52. The molecule has 8 heteroatoms. The third kappa shape index (κ3) is 2.59. The smallest absolute Gasteiger partial charge is 0.262 e. The van der Waals surface area contributed by atoms with Crippen molar-refractivity contribution in [3.8, 4) is 0 Å². The molecule has 3 unspecified atom stereocenters. The number of piperidine rings is 3. The summed E-state index contributed by atoms with van der Waals surface area (Å²) < 4.78 is 0. The summed E-state index contributed by atoms with van der Waals surface area (Å²) in [7, 11) is 0. The molecular weight excluding hydrogens is 360 g/mol. The molecule has 1 aromatic rings. The Morgan fingerprint density at radius 3 is 2.57 bits per heavy atom. The number of fused-ring (bicyclic) bond motifs is 3. The summed E-state index contributed by atoms with van der Waals surface area (Å²) >= 11 is 0. The second-order valence-electron chi connectivity index (χ2n) is 8.11. The number of hydrogen-bond acceptors (Lipinski definition) is 6. The first-order valence-corrected chi connectivity index (χ1v) is 9.82. The van der Waals surface area contributed by atoms with Crippen molar-refractivity contribution >= 4 is 23.6 Å². The van der Waals surface area contributed by atoms with Gasteiger partial charge in [0, 0.05) is 19.0 Å². The Bertz CT molecular complexity index is 884. The lowest BCUT2D eigenvalue weighted by Crippen LogP contribution is -2.62. The van der Waals surface area contributed by atoms with Crippen molar-refractivity contribution in [2.24, 2.45) is 11.8 Å². The molecule has 4 amide bonds. The number of imide groups is 2. The minimum Gasteiger partial charge on any atom is -0.316 e. The first-order chi connectivity index (χ1) is 13.5. The Balaban J connectivity index is 1.37. The fourth-order valence-corrected chi connectivity index (χ4v) is 5.04. The normalized spacial score (nSPS) is 31.5. The number of nitrogens with one attached hydrogen (secondary N) is 3. The highest BCUT2D eigenvalue weighted by Crippen LogP contribution is 2.37. The minimum atomic E-state index is -0.928. The van der Waals surface area contributed by atoms with Gasteiger partial charge in [0.05, 0.1) is 11.1 Å². The van der Waals surface area contributed by atoms with Gasteiger partial charge in [-0.25, -0.2) is 0 Å². The Morgan fingerprint density at radius 1 is 1.07 bits per heavy atom. The van der Waals surface area contributed by atoms with Crippen LogP contribution in [-0.4, -0.2) is 53.7 Å². The maximum atomic E-state index is 13.1. The van der Waals surface area contributed by atoms with Crippen LogP contribution < -0.4 is 16.0 Å². The van der Waals surface area contributed by atoms with Crippen LogP contribution in [0.4, 0.5) is 0 Å². The molecule has 4 aliphatic rings. The van der Waals surface area contributed by atoms with Gasteiger partial charge < -0.3 is 10.6 Å². The molecule has 146 valence electrons. The average molecular weight is 382 g/mol. The quantitative estimate of drug-likeness (QED) is 0.622. The molecule has 3 atom stereocenters. The Hall–Kier alpha value is -2.58. The number of rotatable bonds is 4. The van der Waals surface area contributed by atoms with Crippen LogP contribution in [0.1, 0.15) is 45.5 Å². The van der Waals surface area contributed by atoms with E-state index < -0.39 is 23.8 Å². The second-order valence-corrected chi connectivity index (χ2v) is 8.11. The summed E-state index contributed by atoms with van der Waals surface area (Å²) in [5.74, 6) is -0.618. The van der Waals surface area contributed by atoms with Crippen molar-refractivity contribution in [2.45, 2.75) is 37.9 Å². The average Bonchev–Trinajstić information content (AvgIpc) is 2.94. The van der Waals surface area contributed by atoms with Crippen molar-refractivity contribution in [1.82, 2.24) is 20.9 Å². The van der Waals surface area contributed by atoms with Gasteiger partial charge in [-0.3, -0.25) is 29.4 Å². The van der Waals surface area contributed by atoms with Crippen molar-refractivity contribution < 1.29 is 19.2 Å². The summed E-state index contributed by atoms with van der Waals surface area (Å²) in [6.45, 7) is 2.55. The summed E-state index contributed by atoms with van der Waals surface area (Å²) in [5.41, 5.74) is 1.50. The Labute approximate surface area is 162 Å². The topological polar surface area (TPSA) is 108 Å². The van der Waals surface area contributed by atoms with E-state index in [4.69, 9.17) is 0 Å². The highest BCUT2D eigenvalue weighted by molar-refractivity contribution is 6.24. The van der Waals surface area contributed by atoms with Crippen molar-refractivity contribution in [3.63, 3.8) is 0 Å². The molecule has 2 bridgehead atoms. The molecule has 3 heterocycles. The molecule has 0 radical (unpaired) electrons. The molecule has 3 fully saturated rings. The van der Waals surface area contributed by atoms with E-state index in [1.165, 1.54) is 6.42 Å². The van der Waals surface area contributed by atoms with Gasteiger partial charge >= 0.3 is 0 Å². The first-order valence-electron chi connectivity index (χ1n) is 9.82. The monoisotopic (exact) mass is 382 g/mol. The summed E-state index contributed by atoms with van der Waals surface area (Å²) in [6, 6.07) is 4.78. The van der Waals surface area contributed by atoms with E-state index in [0.717, 1.165) is 23.6 Å². The van der Waals surface area contributed by atoms with Gasteiger partial charge in [0.15, 0.2) is 0 Å². The molecule has 2 saturated heterocycles. The van der Waals surface area contributed by atoms with Gasteiger partial charge in [-0.2, -0.15) is 0 Å². The number of hydrogen-bond donors (Lipinski definition) is 3. The van der Waals surface area contributed by atoms with E-state index in [-0.39, 0.29) is 18.7 Å². The lowest BCUT2D eigenvalue weighted by atomic mass is 9.67. The van der Waals surface area contributed by atoms with Gasteiger partial charge in [0.2, 0.25) is 11.8 Å². The summed E-state index contributed by atoms with van der Waals surface area (Å²) in [5, 5.41) is 9.20. The molecule has 3 aliphatic heterocycles. The van der Waals surface area contributed by atoms with E-state index >= 15 is 0 Å². The van der Waals surface area contributed by atoms with Crippen LogP contribution in [0.3, 0.4) is 0 Å². The van der Waals surface area contributed by atoms with Gasteiger partial charge in [-0.1, -0.05) is 12.1 Å². The molecule has 0 aromatic heterocycles. The molecule has 8 nitrogen and oxygen atoms in total. The van der Waals surface area contributed by atoms with Crippen LogP contribution in [0.15, 0.2) is 18.2 Å². The van der Waals surface area contributed by atoms with Crippen LogP contribution in [-0.2, 0) is 16.1 Å². The van der Waals surface area contributed by atoms with Crippen LogP contribution in [0, 0.1) is 11.8 Å². The van der Waals surface area contributed by atoms with E-state index in [9.17, 15) is 19.2 Å². The van der Waals surface area contributed by atoms with Gasteiger partial charge in [0.1, 0.15) is 6.04 Å². The molecule has 1 saturated carbocycles.